The first kappa shape index (κ1) is 29.1. The molecule has 0 radical (unpaired) electrons. The van der Waals surface area contributed by atoms with Gasteiger partial charge in [0.2, 0.25) is 0 Å². The predicted octanol–water partition coefficient (Wildman–Crippen LogP) is 5.68. The summed E-state index contributed by atoms with van der Waals surface area (Å²) >= 11 is 0. The molecular formula is C29H48O7. The number of rotatable bonds is 8. The van der Waals surface area contributed by atoms with E-state index < -0.39 is 0 Å². The first-order valence-electron chi connectivity index (χ1n) is 14.2. The van der Waals surface area contributed by atoms with E-state index >= 15 is 0 Å². The highest BCUT2D eigenvalue weighted by atomic mass is 16.6. The molecule has 7 heteroatoms. The first-order chi connectivity index (χ1) is 17.3. The highest BCUT2D eigenvalue weighted by molar-refractivity contribution is 5.70. The van der Waals surface area contributed by atoms with Crippen molar-refractivity contribution in [3.8, 4) is 0 Å². The van der Waals surface area contributed by atoms with E-state index in [-0.39, 0.29) is 61.1 Å². The van der Waals surface area contributed by atoms with E-state index in [0.717, 1.165) is 44.9 Å². The van der Waals surface area contributed by atoms with Gasteiger partial charge in [-0.3, -0.25) is 9.59 Å². The maximum atomic E-state index is 13.0. The van der Waals surface area contributed by atoms with Gasteiger partial charge in [-0.25, -0.2) is 0 Å². The zero-order valence-electron chi connectivity index (χ0n) is 22.8. The summed E-state index contributed by atoms with van der Waals surface area (Å²) in [5.41, 5.74) is 0. The Morgan fingerprint density at radius 2 is 1.67 bits per heavy atom. The molecule has 4 bridgehead atoms. The number of hydrogen-bond acceptors (Lipinski definition) is 7. The molecule has 0 spiro atoms. The fourth-order valence-corrected chi connectivity index (χ4v) is 5.55. The third-order valence-corrected chi connectivity index (χ3v) is 7.42. The molecule has 0 amide bonds. The predicted molar refractivity (Wildman–Crippen MR) is 138 cm³/mol. The van der Waals surface area contributed by atoms with Crippen molar-refractivity contribution in [3.63, 3.8) is 0 Å². The molecule has 3 fully saturated rings. The number of hydrogen-bond donors (Lipinski definition) is 0. The Hall–Kier alpha value is -1.44. The van der Waals surface area contributed by atoms with E-state index in [1.54, 1.807) is 7.11 Å². The van der Waals surface area contributed by atoms with Gasteiger partial charge in [0.05, 0.1) is 36.9 Å². The Labute approximate surface area is 217 Å². The van der Waals surface area contributed by atoms with Gasteiger partial charge < -0.3 is 23.7 Å². The molecule has 3 rings (SSSR count). The monoisotopic (exact) mass is 508 g/mol. The minimum absolute atomic E-state index is 0.00873. The van der Waals surface area contributed by atoms with Crippen LogP contribution in [0, 0.1) is 5.92 Å². The molecule has 7 nitrogen and oxygen atoms in total. The number of methoxy groups -OCH3 is 1. The van der Waals surface area contributed by atoms with Crippen LogP contribution >= 0.6 is 0 Å². The summed E-state index contributed by atoms with van der Waals surface area (Å²) in [5.74, 6) is 0.100. The van der Waals surface area contributed by atoms with Crippen LogP contribution in [0.15, 0.2) is 12.2 Å². The fourth-order valence-electron chi connectivity index (χ4n) is 5.55. The number of carbonyl (C=O) groups is 2. The number of cyclic esters (lactones) is 1. The normalized spacial score (nSPS) is 34.2. The molecule has 3 aliphatic rings. The minimum Gasteiger partial charge on any atom is -0.462 e. The van der Waals surface area contributed by atoms with Crippen LogP contribution in [0.1, 0.15) is 104 Å². The SMILES string of the molecule is CCCCC(=O)O[C@@H]1CC2C[C@H](OC)CC3CCC[C@@H](C[C@@H](C=CCC(C)C)OC(=O)C[C@H](C1)O2)O3. The van der Waals surface area contributed by atoms with Gasteiger partial charge in [-0.05, 0) is 56.9 Å². The Morgan fingerprint density at radius 3 is 2.39 bits per heavy atom. The molecule has 0 saturated carbocycles. The third-order valence-electron chi connectivity index (χ3n) is 7.42. The first-order valence-corrected chi connectivity index (χ1v) is 14.2. The summed E-state index contributed by atoms with van der Waals surface area (Å²) in [6.45, 7) is 6.41. The molecule has 206 valence electrons. The minimum atomic E-state index is -0.336. The molecule has 3 heterocycles. The second-order valence-electron chi connectivity index (χ2n) is 11.2. The molecule has 0 aromatic carbocycles. The number of unbranched alkanes of at least 4 members (excludes halogenated alkanes) is 1. The van der Waals surface area contributed by atoms with Crippen molar-refractivity contribution < 1.29 is 33.3 Å². The lowest BCUT2D eigenvalue weighted by Crippen LogP contribution is -2.42. The number of carbonyl (C=O) groups excluding carboxylic acids is 2. The van der Waals surface area contributed by atoms with Crippen molar-refractivity contribution in [1.29, 1.82) is 0 Å². The number of fused-ring (bicyclic) bond motifs is 4. The van der Waals surface area contributed by atoms with E-state index in [2.05, 4.69) is 26.8 Å². The van der Waals surface area contributed by atoms with Crippen molar-refractivity contribution in [2.24, 2.45) is 5.92 Å². The molecule has 0 aromatic rings. The average Bonchev–Trinajstić information content (AvgIpc) is 2.81. The van der Waals surface area contributed by atoms with Gasteiger partial charge in [-0.1, -0.05) is 33.3 Å². The Morgan fingerprint density at radius 1 is 1.00 bits per heavy atom. The van der Waals surface area contributed by atoms with Gasteiger partial charge in [-0.15, -0.1) is 0 Å². The van der Waals surface area contributed by atoms with E-state index in [0.29, 0.717) is 38.0 Å². The van der Waals surface area contributed by atoms with Gasteiger partial charge in [0.15, 0.2) is 0 Å². The quantitative estimate of drug-likeness (QED) is 0.308. The number of ether oxygens (including phenoxy) is 5. The average molecular weight is 509 g/mol. The van der Waals surface area contributed by atoms with Gasteiger partial charge in [-0.2, -0.15) is 0 Å². The molecule has 0 N–H and O–H groups in total. The second kappa shape index (κ2) is 15.1. The summed E-state index contributed by atoms with van der Waals surface area (Å²) in [4.78, 5) is 25.4. The number of allylic oxidation sites excluding steroid dienone is 1. The molecular weight excluding hydrogens is 460 g/mol. The standard InChI is InChI=1S/C29H48O7/c1-5-6-13-28(30)36-26-17-25-16-24(32-4)15-22-12-8-11-21(33-22)14-23(10-7-9-20(2)3)35-29(31)19-27(18-26)34-25/h7,10,20-27H,5-6,8-9,11-19H2,1-4H3/t21-,22?,23+,24+,25?,26+,27-/m0/s1. The molecule has 0 aliphatic carbocycles. The van der Waals surface area contributed by atoms with Crippen LogP contribution < -0.4 is 0 Å². The lowest BCUT2D eigenvalue weighted by atomic mass is 9.92. The van der Waals surface area contributed by atoms with Crippen LogP contribution in [-0.2, 0) is 33.3 Å². The zero-order chi connectivity index (χ0) is 25.9. The van der Waals surface area contributed by atoms with Crippen molar-refractivity contribution in [1.82, 2.24) is 0 Å². The Kier molecular flexibility index (Phi) is 12.2. The van der Waals surface area contributed by atoms with Gasteiger partial charge >= 0.3 is 11.9 Å². The molecule has 0 aromatic heterocycles. The summed E-state index contributed by atoms with van der Waals surface area (Å²) in [6.07, 6.45) is 13.0. The highest BCUT2D eigenvalue weighted by Crippen LogP contribution is 2.32. The molecule has 3 aliphatic heterocycles. The van der Waals surface area contributed by atoms with Crippen LogP contribution in [0.4, 0.5) is 0 Å². The molecule has 7 atom stereocenters. The highest BCUT2D eigenvalue weighted by Gasteiger charge is 2.36. The van der Waals surface area contributed by atoms with Crippen molar-refractivity contribution in [2.45, 2.75) is 147 Å². The zero-order valence-corrected chi connectivity index (χ0v) is 22.8. The van der Waals surface area contributed by atoms with Gasteiger partial charge in [0.1, 0.15) is 12.2 Å². The van der Waals surface area contributed by atoms with Crippen molar-refractivity contribution in [3.05, 3.63) is 12.2 Å². The third kappa shape index (κ3) is 10.1. The van der Waals surface area contributed by atoms with Crippen LogP contribution in [0.2, 0.25) is 0 Å². The van der Waals surface area contributed by atoms with E-state index in [1.807, 2.05) is 6.08 Å². The maximum absolute atomic E-state index is 13.0. The summed E-state index contributed by atoms with van der Waals surface area (Å²) < 4.78 is 30.4. The summed E-state index contributed by atoms with van der Waals surface area (Å²) in [5, 5.41) is 0. The lowest BCUT2D eigenvalue weighted by Gasteiger charge is -2.38. The fraction of sp³-hybridized carbons (Fsp3) is 0.862. The lowest BCUT2D eigenvalue weighted by molar-refractivity contribution is -0.172. The van der Waals surface area contributed by atoms with Crippen LogP contribution in [0.3, 0.4) is 0 Å². The Bertz CT molecular complexity index is 706. The van der Waals surface area contributed by atoms with E-state index in [9.17, 15) is 9.59 Å². The summed E-state index contributed by atoms with van der Waals surface area (Å²) in [7, 11) is 1.74. The second-order valence-corrected chi connectivity index (χ2v) is 11.2. The topological polar surface area (TPSA) is 80.3 Å². The molecule has 2 unspecified atom stereocenters. The molecule has 3 saturated heterocycles. The van der Waals surface area contributed by atoms with Crippen LogP contribution in [0.5, 0.6) is 0 Å². The Balaban J connectivity index is 1.75. The van der Waals surface area contributed by atoms with Crippen molar-refractivity contribution in [2.75, 3.05) is 7.11 Å². The van der Waals surface area contributed by atoms with Gasteiger partial charge in [0, 0.05) is 32.8 Å². The van der Waals surface area contributed by atoms with Crippen LogP contribution in [0.25, 0.3) is 0 Å². The number of esters is 2. The van der Waals surface area contributed by atoms with Crippen molar-refractivity contribution >= 4 is 11.9 Å². The van der Waals surface area contributed by atoms with Crippen LogP contribution in [-0.4, -0.2) is 61.8 Å². The molecule has 36 heavy (non-hydrogen) atoms. The largest absolute Gasteiger partial charge is 0.462 e. The van der Waals surface area contributed by atoms with E-state index in [4.69, 9.17) is 23.7 Å². The smallest absolute Gasteiger partial charge is 0.309 e. The maximum Gasteiger partial charge on any atom is 0.309 e. The van der Waals surface area contributed by atoms with Gasteiger partial charge in [0.25, 0.3) is 0 Å². The summed E-state index contributed by atoms with van der Waals surface area (Å²) in [6, 6.07) is 0. The van der Waals surface area contributed by atoms with E-state index in [1.165, 1.54) is 0 Å².